The Morgan fingerprint density at radius 3 is 1.94 bits per heavy atom. The van der Waals surface area contributed by atoms with Crippen LogP contribution in [0, 0.1) is 0 Å². The Balaban J connectivity index is 1.20. The highest BCUT2D eigenvalue weighted by atomic mass is 16.7. The van der Waals surface area contributed by atoms with Crippen molar-refractivity contribution in [1.82, 2.24) is 15.7 Å². The molecule has 0 spiro atoms. The number of hydroxylamine groups is 1. The summed E-state index contributed by atoms with van der Waals surface area (Å²) in [7, 11) is 0. The summed E-state index contributed by atoms with van der Waals surface area (Å²) in [5.41, 5.74) is 9.82. The van der Waals surface area contributed by atoms with Crippen LogP contribution in [0.25, 0.3) is 11.1 Å². The molecular weight excluding hydrogens is 666 g/mol. The monoisotopic (exact) mass is 713 g/mol. The third-order valence-corrected chi connectivity index (χ3v) is 9.42. The fourth-order valence-electron chi connectivity index (χ4n) is 6.67. The van der Waals surface area contributed by atoms with E-state index in [2.05, 4.69) is 76.9 Å². The lowest BCUT2D eigenvalue weighted by Gasteiger charge is -2.38. The van der Waals surface area contributed by atoms with Gasteiger partial charge in [0.05, 0.1) is 18.8 Å². The van der Waals surface area contributed by atoms with Crippen LogP contribution < -0.4 is 10.8 Å². The molecule has 1 aliphatic heterocycles. The second kappa shape index (κ2) is 19.1. The summed E-state index contributed by atoms with van der Waals surface area (Å²) in [5, 5.41) is 21.2. The van der Waals surface area contributed by atoms with Crippen LogP contribution in [0.15, 0.2) is 133 Å². The van der Waals surface area contributed by atoms with Gasteiger partial charge in [-0.1, -0.05) is 121 Å². The summed E-state index contributed by atoms with van der Waals surface area (Å²) in [6.45, 7) is 2.61. The maximum Gasteiger partial charge on any atom is 0.243 e. The number of ether oxygens (including phenoxy) is 2. The summed E-state index contributed by atoms with van der Waals surface area (Å²) in [6.07, 6.45) is 0.359. The van der Waals surface area contributed by atoms with Crippen molar-refractivity contribution in [2.45, 2.75) is 70.4 Å². The van der Waals surface area contributed by atoms with E-state index in [9.17, 15) is 14.7 Å². The van der Waals surface area contributed by atoms with E-state index in [0.29, 0.717) is 25.9 Å². The minimum absolute atomic E-state index is 0.0139. The molecule has 6 rings (SSSR count). The molecule has 0 aliphatic carbocycles. The molecule has 0 saturated carbocycles. The van der Waals surface area contributed by atoms with E-state index in [4.69, 9.17) is 14.7 Å². The average Bonchev–Trinajstić information content (AvgIpc) is 3.21. The molecule has 0 aromatic heterocycles. The van der Waals surface area contributed by atoms with Crippen molar-refractivity contribution >= 4 is 11.8 Å². The summed E-state index contributed by atoms with van der Waals surface area (Å²) in [5.74, 6) is -0.663. The lowest BCUT2D eigenvalue weighted by atomic mass is 9.98. The number of carbonyl (C=O) groups excluding carboxylic acids is 2. The number of benzene rings is 5. The highest BCUT2D eigenvalue weighted by Crippen LogP contribution is 2.39. The molecule has 2 amide bonds. The molecule has 9 heteroatoms. The van der Waals surface area contributed by atoms with E-state index in [0.717, 1.165) is 46.5 Å². The first-order valence-electron chi connectivity index (χ1n) is 18.2. The van der Waals surface area contributed by atoms with Gasteiger partial charge >= 0.3 is 0 Å². The molecule has 3 atom stereocenters. The van der Waals surface area contributed by atoms with Crippen LogP contribution >= 0.6 is 0 Å². The molecule has 1 aliphatic rings. The molecule has 5 aromatic carbocycles. The number of amides is 2. The van der Waals surface area contributed by atoms with Crippen molar-refractivity contribution in [1.29, 1.82) is 0 Å². The molecule has 1 heterocycles. The molecule has 274 valence electrons. The van der Waals surface area contributed by atoms with Crippen LogP contribution in [0.5, 0.6) is 0 Å². The van der Waals surface area contributed by atoms with Crippen LogP contribution in [-0.4, -0.2) is 39.7 Å². The Kier molecular flexibility index (Phi) is 13.5. The fourth-order valence-corrected chi connectivity index (χ4v) is 6.67. The summed E-state index contributed by atoms with van der Waals surface area (Å²) >= 11 is 0. The van der Waals surface area contributed by atoms with Gasteiger partial charge in [-0.15, -0.1) is 0 Å². The predicted molar refractivity (Wildman–Crippen MR) is 203 cm³/mol. The zero-order valence-electron chi connectivity index (χ0n) is 29.8. The lowest BCUT2D eigenvalue weighted by Crippen LogP contribution is -2.39. The van der Waals surface area contributed by atoms with E-state index < -0.39 is 12.2 Å². The van der Waals surface area contributed by atoms with Gasteiger partial charge in [0.1, 0.15) is 0 Å². The Hall–Kier alpha value is -5.16. The van der Waals surface area contributed by atoms with Crippen molar-refractivity contribution in [3.05, 3.63) is 167 Å². The van der Waals surface area contributed by atoms with E-state index in [1.54, 1.807) is 5.48 Å². The van der Waals surface area contributed by atoms with Crippen LogP contribution in [0.1, 0.15) is 71.5 Å². The van der Waals surface area contributed by atoms with Crippen molar-refractivity contribution in [3.63, 3.8) is 0 Å². The van der Waals surface area contributed by atoms with E-state index in [-0.39, 0.29) is 37.6 Å². The molecular formula is C44H47N3O6. The molecule has 0 unspecified atom stereocenters. The van der Waals surface area contributed by atoms with Gasteiger partial charge in [-0.2, -0.15) is 0 Å². The van der Waals surface area contributed by atoms with E-state index in [1.165, 1.54) is 11.1 Å². The smallest absolute Gasteiger partial charge is 0.243 e. The van der Waals surface area contributed by atoms with Crippen molar-refractivity contribution in [3.8, 4) is 11.1 Å². The van der Waals surface area contributed by atoms with Gasteiger partial charge in [-0.25, -0.2) is 5.48 Å². The number of aliphatic hydroxyl groups is 1. The first kappa shape index (κ1) is 37.6. The number of rotatable bonds is 16. The maximum atomic E-state index is 12.4. The van der Waals surface area contributed by atoms with Crippen LogP contribution in [0.4, 0.5) is 0 Å². The summed E-state index contributed by atoms with van der Waals surface area (Å²) in [4.78, 5) is 26.0. The molecule has 5 aromatic rings. The third kappa shape index (κ3) is 11.2. The number of aliphatic hydroxyl groups excluding tert-OH is 1. The first-order valence-corrected chi connectivity index (χ1v) is 18.2. The molecule has 0 bridgehead atoms. The second-order valence-corrected chi connectivity index (χ2v) is 13.5. The summed E-state index contributed by atoms with van der Waals surface area (Å²) < 4.78 is 13.5. The number of nitrogens with one attached hydrogen (secondary N) is 2. The first-order chi connectivity index (χ1) is 25.9. The summed E-state index contributed by atoms with van der Waals surface area (Å²) in [6, 6.07) is 45.2. The Labute approximate surface area is 311 Å². The minimum Gasteiger partial charge on any atom is -0.392 e. The van der Waals surface area contributed by atoms with Gasteiger partial charge in [0, 0.05) is 51.0 Å². The van der Waals surface area contributed by atoms with Crippen LogP contribution in [-0.2, 0) is 45.3 Å². The zero-order valence-corrected chi connectivity index (χ0v) is 29.8. The Morgan fingerprint density at radius 1 is 0.660 bits per heavy atom. The van der Waals surface area contributed by atoms with Gasteiger partial charge in [0.25, 0.3) is 0 Å². The van der Waals surface area contributed by atoms with Crippen LogP contribution in [0.3, 0.4) is 0 Å². The molecule has 53 heavy (non-hydrogen) atoms. The van der Waals surface area contributed by atoms with Gasteiger partial charge in [-0.3, -0.25) is 19.7 Å². The fraction of sp³-hybridized carbons (Fsp3) is 0.273. The number of nitrogens with zero attached hydrogens (tertiary/aromatic N) is 1. The minimum atomic E-state index is -0.609. The molecule has 1 saturated heterocycles. The number of hydrogen-bond acceptors (Lipinski definition) is 7. The maximum absolute atomic E-state index is 12.4. The Bertz CT molecular complexity index is 1860. The quantitative estimate of drug-likeness (QED) is 0.0622. The van der Waals surface area contributed by atoms with Crippen molar-refractivity contribution in [2.75, 3.05) is 6.54 Å². The second-order valence-electron chi connectivity index (χ2n) is 13.5. The normalized spacial score (nSPS) is 17.0. The highest BCUT2D eigenvalue weighted by molar-refractivity contribution is 5.78. The van der Waals surface area contributed by atoms with Gasteiger partial charge in [0.2, 0.25) is 11.8 Å². The highest BCUT2D eigenvalue weighted by Gasteiger charge is 2.33. The molecule has 0 radical (unpaired) electrons. The van der Waals surface area contributed by atoms with Crippen molar-refractivity contribution < 1.29 is 29.4 Å². The van der Waals surface area contributed by atoms with Gasteiger partial charge < -0.3 is 19.9 Å². The standard InChI is InChI=1S/C44H47N3O6/c48-31-34-20-22-36(23-21-34)41-26-40(30-47(28-32-10-3-1-4-11-32)29-33-12-5-2-6-13-33)52-44(53-41)39-17-8-16-38(25-39)37-15-7-14-35(24-37)27-45-42(49)18-9-19-43(50)46-51/h1-8,10-17,20-25,40-41,44,48,51H,9,18-19,26-31H2,(H,45,49)(H,46,50)/t40-,41+,44+/m1/s1. The van der Waals surface area contributed by atoms with Gasteiger partial charge in [-0.05, 0) is 57.5 Å². The molecule has 9 nitrogen and oxygen atoms in total. The molecule has 1 fully saturated rings. The average molecular weight is 714 g/mol. The topological polar surface area (TPSA) is 120 Å². The van der Waals surface area contributed by atoms with E-state index >= 15 is 0 Å². The zero-order chi connectivity index (χ0) is 36.8. The van der Waals surface area contributed by atoms with E-state index in [1.807, 2.05) is 66.7 Å². The Morgan fingerprint density at radius 2 is 1.28 bits per heavy atom. The SMILES string of the molecule is O=C(CCCC(=O)NCc1cccc(-c2cccc([C@H]3O[C@@H](CN(Cc4ccccc4)Cc4ccccc4)C[C@@H](c4ccc(CO)cc4)O3)c2)c1)NO. The largest absolute Gasteiger partial charge is 0.392 e. The predicted octanol–water partition coefficient (Wildman–Crippen LogP) is 7.39. The molecule has 4 N–H and O–H groups in total. The van der Waals surface area contributed by atoms with Crippen LogP contribution in [0.2, 0.25) is 0 Å². The number of hydrogen-bond donors (Lipinski definition) is 4. The van der Waals surface area contributed by atoms with Crippen molar-refractivity contribution in [2.24, 2.45) is 0 Å². The number of carbonyl (C=O) groups is 2. The van der Waals surface area contributed by atoms with Gasteiger partial charge in [0.15, 0.2) is 6.29 Å². The third-order valence-electron chi connectivity index (χ3n) is 9.42. The lowest BCUT2D eigenvalue weighted by molar-refractivity contribution is -0.253.